The van der Waals surface area contributed by atoms with Gasteiger partial charge in [0.2, 0.25) is 30.1 Å². The van der Waals surface area contributed by atoms with Crippen LogP contribution in [0.4, 0.5) is 17.1 Å². The van der Waals surface area contributed by atoms with Crippen molar-refractivity contribution in [1.29, 1.82) is 0 Å². The molecule has 0 spiro atoms. The molecule has 0 saturated carbocycles. The fraction of sp³-hybridized carbons (Fsp3) is 0.333. The minimum Gasteiger partial charge on any atom is -0.258 e. The lowest BCUT2D eigenvalue weighted by molar-refractivity contribution is -0.385. The van der Waals surface area contributed by atoms with Crippen LogP contribution in [0.25, 0.3) is 0 Å². The van der Waals surface area contributed by atoms with Gasteiger partial charge in [-0.15, -0.1) is 0 Å². The molecule has 0 saturated heterocycles. The molecule has 0 heterocycles. The Morgan fingerprint density at radius 1 is 0.438 bits per heavy atom. The largest absolute Gasteiger partial charge is 0.270 e. The number of nitro benzene ring substituents is 3. The van der Waals surface area contributed by atoms with Crippen LogP contribution in [0.15, 0.2) is 69.3 Å². The van der Waals surface area contributed by atoms with E-state index in [0.717, 1.165) is 31.1 Å². The number of sulfonamides is 3. The van der Waals surface area contributed by atoms with Crippen LogP contribution in [-0.4, -0.2) is 95.2 Å². The van der Waals surface area contributed by atoms with Gasteiger partial charge in [-0.3, -0.25) is 30.3 Å². The van der Waals surface area contributed by atoms with Crippen LogP contribution in [0.1, 0.15) is 16.7 Å². The Morgan fingerprint density at radius 3 is 0.771 bits per heavy atom. The van der Waals surface area contributed by atoms with Gasteiger partial charge in [-0.2, -0.15) is 0 Å². The summed E-state index contributed by atoms with van der Waals surface area (Å²) in [7, 11) is -2.61. The second-order valence-electron chi connectivity index (χ2n) is 10.5. The topological polar surface area (TPSA) is 242 Å². The minimum absolute atomic E-state index is 0.0355. The zero-order valence-corrected chi connectivity index (χ0v) is 30.0. The summed E-state index contributed by atoms with van der Waals surface area (Å²) in [6, 6.07) is 11.3. The number of hydrogen-bond donors (Lipinski definition) is 0. The Morgan fingerprint density at radius 2 is 0.625 bits per heavy atom. The van der Waals surface area contributed by atoms with Crippen LogP contribution in [0, 0.1) is 51.1 Å². The Balaban J connectivity index is 0.000000360. The Labute approximate surface area is 278 Å². The van der Waals surface area contributed by atoms with E-state index < -0.39 is 44.8 Å². The SMILES string of the molecule is Cc1ccc([N+](=O)[O-])cc1S(=O)(=O)N(C)C.Cc1ccc([N+](=O)[O-])cc1S(=O)(=O)N(C)C.Cc1ccc([N+](=O)[O-])cc1S(=O)(=O)N(C)C. The monoisotopic (exact) mass is 732 g/mol. The number of nitro groups is 3. The summed E-state index contributed by atoms with van der Waals surface area (Å²) in [4.78, 5) is 29.7. The lowest BCUT2D eigenvalue weighted by atomic mass is 10.2. The van der Waals surface area contributed by atoms with Gasteiger partial charge in [0.1, 0.15) is 0 Å². The molecule has 0 amide bonds. The molecule has 0 aliphatic heterocycles. The highest BCUT2D eigenvalue weighted by molar-refractivity contribution is 7.89. The molecule has 3 aromatic rings. The van der Waals surface area contributed by atoms with Crippen molar-refractivity contribution >= 4 is 47.1 Å². The van der Waals surface area contributed by atoms with Crippen molar-refractivity contribution in [3.63, 3.8) is 0 Å². The predicted octanol–water partition coefficient (Wildman–Crippen LogP) is 3.46. The normalized spacial score (nSPS) is 11.8. The lowest BCUT2D eigenvalue weighted by Gasteiger charge is -2.12. The van der Waals surface area contributed by atoms with Crippen LogP contribution >= 0.6 is 0 Å². The molecule has 0 unspecified atom stereocenters. The standard InChI is InChI=1S/3C9H12N2O4S/c3*1-7-4-5-8(11(12)13)6-9(7)16(14,15)10(2)3/h3*4-6H,1-3H3. The first-order valence-electron chi connectivity index (χ1n) is 13.3. The third-order valence-corrected chi connectivity index (χ3v) is 12.3. The molecular formula is C27H36N6O12S3. The average molecular weight is 733 g/mol. The highest BCUT2D eigenvalue weighted by Gasteiger charge is 2.24. The summed E-state index contributed by atoms with van der Waals surface area (Å²) in [5.74, 6) is 0. The maximum Gasteiger partial charge on any atom is 0.270 e. The molecule has 0 fully saturated rings. The molecule has 3 rings (SSSR count). The van der Waals surface area contributed by atoms with E-state index in [1.54, 1.807) is 20.8 Å². The molecular weight excluding hydrogens is 697 g/mol. The van der Waals surface area contributed by atoms with Crippen LogP contribution in [0.3, 0.4) is 0 Å². The van der Waals surface area contributed by atoms with E-state index in [2.05, 4.69) is 0 Å². The van der Waals surface area contributed by atoms with Crippen molar-refractivity contribution in [3.05, 3.63) is 102 Å². The summed E-state index contributed by atoms with van der Waals surface area (Å²) >= 11 is 0. The molecule has 0 bridgehead atoms. The van der Waals surface area contributed by atoms with Crippen LogP contribution in [0.2, 0.25) is 0 Å². The second-order valence-corrected chi connectivity index (χ2v) is 16.8. The molecule has 0 radical (unpaired) electrons. The number of hydrogen-bond acceptors (Lipinski definition) is 12. The van der Waals surface area contributed by atoms with Crippen molar-refractivity contribution in [2.24, 2.45) is 0 Å². The molecule has 18 nitrogen and oxygen atoms in total. The molecule has 264 valence electrons. The van der Waals surface area contributed by atoms with E-state index >= 15 is 0 Å². The van der Waals surface area contributed by atoms with E-state index in [1.807, 2.05) is 0 Å². The molecule has 0 aliphatic rings. The zero-order chi connectivity index (χ0) is 37.5. The average Bonchev–Trinajstić information content (AvgIpc) is 2.97. The molecule has 21 heteroatoms. The van der Waals surface area contributed by atoms with E-state index in [1.165, 1.54) is 78.7 Å². The number of non-ortho nitro benzene ring substituents is 3. The minimum atomic E-state index is -3.63. The number of aryl methyl sites for hydroxylation is 3. The van der Waals surface area contributed by atoms with Crippen molar-refractivity contribution in [3.8, 4) is 0 Å². The molecule has 48 heavy (non-hydrogen) atoms. The van der Waals surface area contributed by atoms with E-state index in [9.17, 15) is 55.6 Å². The summed E-state index contributed by atoms with van der Waals surface area (Å²) in [5, 5.41) is 31.7. The number of rotatable bonds is 9. The van der Waals surface area contributed by atoms with E-state index in [4.69, 9.17) is 0 Å². The number of benzene rings is 3. The molecule has 0 aromatic heterocycles. The smallest absolute Gasteiger partial charge is 0.258 e. The van der Waals surface area contributed by atoms with E-state index in [-0.39, 0.29) is 31.7 Å². The van der Waals surface area contributed by atoms with Gasteiger partial charge in [0.15, 0.2) is 0 Å². The van der Waals surface area contributed by atoms with Gasteiger partial charge >= 0.3 is 0 Å². The van der Waals surface area contributed by atoms with Crippen LogP contribution in [0.5, 0.6) is 0 Å². The van der Waals surface area contributed by atoms with Crippen molar-refractivity contribution in [2.45, 2.75) is 35.5 Å². The maximum absolute atomic E-state index is 11.8. The lowest BCUT2D eigenvalue weighted by Crippen LogP contribution is -2.23. The van der Waals surface area contributed by atoms with Crippen LogP contribution in [-0.2, 0) is 30.1 Å². The number of nitrogens with zero attached hydrogens (tertiary/aromatic N) is 6. The van der Waals surface area contributed by atoms with Gasteiger partial charge in [-0.25, -0.2) is 38.2 Å². The third-order valence-electron chi connectivity index (χ3n) is 6.42. The Hall–Kier alpha value is -4.41. The molecule has 0 aliphatic carbocycles. The first-order valence-corrected chi connectivity index (χ1v) is 17.6. The van der Waals surface area contributed by atoms with Gasteiger partial charge in [0.05, 0.1) is 29.5 Å². The highest BCUT2D eigenvalue weighted by Crippen LogP contribution is 2.25. The van der Waals surface area contributed by atoms with Gasteiger partial charge in [-0.05, 0) is 37.5 Å². The first-order chi connectivity index (χ1) is 21.8. The first kappa shape index (κ1) is 41.6. The van der Waals surface area contributed by atoms with Gasteiger partial charge in [0, 0.05) is 78.7 Å². The fourth-order valence-corrected chi connectivity index (χ4v) is 6.94. The Kier molecular flexibility index (Phi) is 14.0. The summed E-state index contributed by atoms with van der Waals surface area (Å²) in [6.45, 7) is 4.79. The summed E-state index contributed by atoms with van der Waals surface area (Å²) in [5.41, 5.74) is 0.765. The third kappa shape index (κ3) is 10.0. The van der Waals surface area contributed by atoms with Crippen molar-refractivity contribution < 1.29 is 40.0 Å². The van der Waals surface area contributed by atoms with Crippen LogP contribution < -0.4 is 0 Å². The van der Waals surface area contributed by atoms with Crippen molar-refractivity contribution in [1.82, 2.24) is 12.9 Å². The van der Waals surface area contributed by atoms with Crippen molar-refractivity contribution in [2.75, 3.05) is 42.3 Å². The van der Waals surface area contributed by atoms with Gasteiger partial charge in [0.25, 0.3) is 17.1 Å². The maximum atomic E-state index is 11.8. The summed E-state index contributed by atoms with van der Waals surface area (Å²) < 4.78 is 74.1. The van der Waals surface area contributed by atoms with E-state index in [0.29, 0.717) is 16.7 Å². The Bertz CT molecular complexity index is 1800. The summed E-state index contributed by atoms with van der Waals surface area (Å²) in [6.07, 6.45) is 0. The molecule has 3 aromatic carbocycles. The van der Waals surface area contributed by atoms with Gasteiger partial charge in [-0.1, -0.05) is 18.2 Å². The van der Waals surface area contributed by atoms with Gasteiger partial charge < -0.3 is 0 Å². The fourth-order valence-electron chi connectivity index (χ4n) is 3.53. The second kappa shape index (κ2) is 16.1. The highest BCUT2D eigenvalue weighted by atomic mass is 32.2. The zero-order valence-electron chi connectivity index (χ0n) is 27.5. The predicted molar refractivity (Wildman–Crippen MR) is 176 cm³/mol. The molecule has 0 N–H and O–H groups in total. The quantitative estimate of drug-likeness (QED) is 0.227. The molecule has 0 atom stereocenters.